The molecule has 0 bridgehead atoms. The molecule has 0 spiro atoms. The van der Waals surface area contributed by atoms with Crippen LogP contribution in [0.5, 0.6) is 0 Å². The SMILES string of the molecule is CCOCCCNC(=O)CN1CCN(CC(=O)O)CCN(CC(=O)O)CCN(CC(=O)O)CC1.CCOCCOCCCNS(=O)(=O)c1ccc(-c2ccc(S(=O)(=O)NC(CNC(=O)c3ccc4c(cnn4CCCNc4ncc[nH]4)c3)C(=O)O)cc2)cc1.[Lu]. The zero-order chi connectivity index (χ0) is 64.6. The molecule has 1 unspecified atom stereocenters. The van der Waals surface area contributed by atoms with Crippen molar-refractivity contribution in [2.45, 2.75) is 55.5 Å². The molecule has 6 rings (SSSR count). The van der Waals surface area contributed by atoms with Crippen molar-refractivity contribution in [3.05, 3.63) is 90.9 Å². The van der Waals surface area contributed by atoms with Crippen molar-refractivity contribution < 1.29 is 117 Å². The number of imidazole rings is 1. The Kier molecular flexibility index (Phi) is 34.3. The van der Waals surface area contributed by atoms with E-state index in [1.54, 1.807) is 63.6 Å². The molecular weight excluding hydrogens is 1380 g/mol. The molecule has 33 heteroatoms. The van der Waals surface area contributed by atoms with E-state index in [0.29, 0.717) is 147 Å². The molecule has 1 aliphatic rings. The predicted molar refractivity (Wildman–Crippen MR) is 327 cm³/mol. The average Bonchev–Trinajstić information content (AvgIpc) is 1.42. The molecule has 3 heterocycles. The minimum Gasteiger partial charge on any atom is -0.480 e. The van der Waals surface area contributed by atoms with Crippen LogP contribution >= 0.6 is 0 Å². The Hall–Kier alpha value is -6.27. The van der Waals surface area contributed by atoms with Crippen LogP contribution in [0.25, 0.3) is 22.0 Å². The van der Waals surface area contributed by atoms with Crippen molar-refractivity contribution in [1.29, 1.82) is 0 Å². The van der Waals surface area contributed by atoms with Crippen LogP contribution in [0.15, 0.2) is 95.1 Å². The first-order valence-corrected chi connectivity index (χ1v) is 32.1. The van der Waals surface area contributed by atoms with Crippen LogP contribution < -0.4 is 25.4 Å². The van der Waals surface area contributed by atoms with E-state index in [-0.39, 0.29) is 90.9 Å². The first-order chi connectivity index (χ1) is 42.7. The summed E-state index contributed by atoms with van der Waals surface area (Å²) in [5.41, 5.74) is 2.31. The number of carbonyl (C=O) groups is 6. The smallest absolute Gasteiger partial charge is 0.323 e. The van der Waals surface area contributed by atoms with Crippen molar-refractivity contribution in [2.75, 3.05) is 150 Å². The van der Waals surface area contributed by atoms with Crippen LogP contribution in [0, 0.1) is 36.9 Å². The molecule has 1 saturated heterocycles. The summed E-state index contributed by atoms with van der Waals surface area (Å²) in [6, 6.07) is 15.1. The summed E-state index contributed by atoms with van der Waals surface area (Å²) in [7, 11) is -8.06. The number of ether oxygens (including phenoxy) is 3. The van der Waals surface area contributed by atoms with Gasteiger partial charge in [0.25, 0.3) is 5.91 Å². The Bertz CT molecular complexity index is 3210. The number of carboxylic acids is 4. The number of aryl methyl sites for hydroxylation is 1. The first-order valence-electron chi connectivity index (χ1n) is 29.1. The summed E-state index contributed by atoms with van der Waals surface area (Å²) in [6.45, 7) is 10.8. The number of carboxylic acid groups (broad SMARTS) is 4. The van der Waals surface area contributed by atoms with Gasteiger partial charge in [0.2, 0.25) is 26.0 Å². The molecular formula is C57H83LuN13O17S2. The van der Waals surface area contributed by atoms with E-state index >= 15 is 0 Å². The van der Waals surface area contributed by atoms with E-state index in [1.165, 1.54) is 36.4 Å². The van der Waals surface area contributed by atoms with Crippen LogP contribution in [0.2, 0.25) is 0 Å². The number of amides is 2. The monoisotopic (exact) mass is 1460 g/mol. The number of rotatable bonds is 36. The molecule has 2 aromatic heterocycles. The summed E-state index contributed by atoms with van der Waals surface area (Å²) in [6.07, 6.45) is 6.98. The van der Waals surface area contributed by atoms with Gasteiger partial charge < -0.3 is 55.6 Å². The Labute approximate surface area is 552 Å². The van der Waals surface area contributed by atoms with Gasteiger partial charge >= 0.3 is 23.9 Å². The number of aromatic amines is 1. The molecule has 3 aromatic carbocycles. The topological polar surface area (TPSA) is 399 Å². The maximum absolute atomic E-state index is 13.2. The van der Waals surface area contributed by atoms with Crippen molar-refractivity contribution in [3.8, 4) is 11.1 Å². The molecule has 5 aromatic rings. The predicted octanol–water partition coefficient (Wildman–Crippen LogP) is 0.816. The van der Waals surface area contributed by atoms with Gasteiger partial charge in [-0.1, -0.05) is 24.3 Å². The van der Waals surface area contributed by atoms with Crippen LogP contribution in [0.1, 0.15) is 43.5 Å². The standard InChI is InChI=1S/C36H44N8O9S2.C21H39N5O8.Lu/c1-2-52-21-22-53-20-4-16-42-54(48,49)30-10-5-26(6-11-30)27-7-12-31(13-8-27)55(50,51)43-32(35(46)47)25-40-34(45)28-9-14-33-29(23-28)24-41-44(33)19-3-15-37-36-38-17-18-39-36;1-2-34-13-3-4-22-18(27)14-23-5-7-24(15-19(28)29)9-11-26(17-21(32)33)12-10-25(8-6-23)16-20(30)31;/h5-14,17-18,23-24,32,42-43H,2-4,15-16,19-22,25H2,1H3,(H,40,45)(H,46,47)(H2,37,38,39);2-17H2,1H3,(H,22,27)(H,28,29)(H,30,31)(H,32,33);. The molecule has 90 heavy (non-hydrogen) atoms. The fourth-order valence-corrected chi connectivity index (χ4v) is 11.3. The number of sulfonamides is 2. The summed E-state index contributed by atoms with van der Waals surface area (Å²) in [4.78, 5) is 85.2. The maximum atomic E-state index is 13.2. The second-order valence-corrected chi connectivity index (χ2v) is 23.9. The summed E-state index contributed by atoms with van der Waals surface area (Å²) >= 11 is 0. The van der Waals surface area contributed by atoms with Crippen LogP contribution in [0.4, 0.5) is 5.95 Å². The van der Waals surface area contributed by atoms with E-state index in [0.717, 1.165) is 11.9 Å². The Morgan fingerprint density at radius 3 is 1.64 bits per heavy atom. The number of aliphatic carboxylic acids is 4. The average molecular weight is 1460 g/mol. The van der Waals surface area contributed by atoms with Gasteiger partial charge in [-0.25, -0.2) is 26.5 Å². The number of nitrogens with one attached hydrogen (secondary N) is 6. The summed E-state index contributed by atoms with van der Waals surface area (Å²) in [5, 5.41) is 51.1. The Morgan fingerprint density at radius 2 is 1.12 bits per heavy atom. The molecule has 30 nitrogen and oxygen atoms in total. The Morgan fingerprint density at radius 1 is 0.611 bits per heavy atom. The third-order valence-corrected chi connectivity index (χ3v) is 16.6. The molecule has 2 amide bonds. The number of aromatic nitrogens is 4. The number of nitrogens with zero attached hydrogens (tertiary/aromatic N) is 7. The van der Waals surface area contributed by atoms with Gasteiger partial charge in [-0.2, -0.15) is 9.82 Å². The normalized spacial score (nSPS) is 14.4. The first kappa shape index (κ1) is 76.2. The van der Waals surface area contributed by atoms with Gasteiger partial charge in [0.05, 0.1) is 60.9 Å². The molecule has 0 saturated carbocycles. The van der Waals surface area contributed by atoms with Crippen molar-refractivity contribution in [3.63, 3.8) is 0 Å². The van der Waals surface area contributed by atoms with Crippen molar-refractivity contribution in [1.82, 2.24) is 59.4 Å². The number of hydrogen-bond donors (Lipinski definition) is 10. The van der Waals surface area contributed by atoms with Gasteiger partial charge in [-0.3, -0.25) is 53.0 Å². The van der Waals surface area contributed by atoms with E-state index in [1.807, 2.05) is 23.4 Å². The summed E-state index contributed by atoms with van der Waals surface area (Å²) in [5.74, 6) is -4.51. The Balaban J connectivity index is 0.000000426. The van der Waals surface area contributed by atoms with E-state index in [4.69, 9.17) is 14.2 Å². The van der Waals surface area contributed by atoms with Gasteiger partial charge in [-0.15, -0.1) is 0 Å². The van der Waals surface area contributed by atoms with E-state index in [9.17, 15) is 66.0 Å². The van der Waals surface area contributed by atoms with Gasteiger partial charge in [-0.05, 0) is 86.7 Å². The molecule has 1 radical (unpaired) electrons. The van der Waals surface area contributed by atoms with Crippen LogP contribution in [-0.2, 0) is 64.8 Å². The molecule has 0 aliphatic carbocycles. The number of carbonyl (C=O) groups excluding carboxylic acids is 2. The second kappa shape index (κ2) is 40.6. The molecule has 10 N–H and O–H groups in total. The van der Waals surface area contributed by atoms with E-state index in [2.05, 4.69) is 40.5 Å². The quantitative estimate of drug-likeness (QED) is 0.0248. The van der Waals surface area contributed by atoms with E-state index < -0.39 is 62.4 Å². The number of fused-ring (bicyclic) bond motifs is 1. The fourth-order valence-electron chi connectivity index (χ4n) is 9.01. The van der Waals surface area contributed by atoms with Crippen molar-refractivity contribution >= 4 is 72.6 Å². The largest absolute Gasteiger partial charge is 0.480 e. The molecule has 1 atom stereocenters. The third-order valence-electron chi connectivity index (χ3n) is 13.7. The second-order valence-electron chi connectivity index (χ2n) is 20.4. The fraction of sp³-hybridized carbons (Fsp3) is 0.509. The molecule has 1 aliphatic heterocycles. The number of H-pyrrole nitrogens is 1. The minimum atomic E-state index is -4.32. The maximum Gasteiger partial charge on any atom is 0.323 e. The zero-order valence-corrected chi connectivity index (χ0v) is 53.6. The number of benzene rings is 3. The zero-order valence-electron chi connectivity index (χ0n) is 50.3. The van der Waals surface area contributed by atoms with Crippen LogP contribution in [-0.4, -0.2) is 263 Å². The van der Waals surface area contributed by atoms with Gasteiger partial charge in [0.15, 0.2) is 5.95 Å². The molecule has 1 fully saturated rings. The van der Waals surface area contributed by atoms with Crippen LogP contribution in [0.3, 0.4) is 0 Å². The summed E-state index contributed by atoms with van der Waals surface area (Å²) < 4.78 is 74.1. The molecule has 505 valence electrons. The van der Waals surface area contributed by atoms with Gasteiger partial charge in [0.1, 0.15) is 6.04 Å². The third kappa shape index (κ3) is 28.1. The number of hydrogen-bond acceptors (Lipinski definition) is 20. The number of anilines is 1. The van der Waals surface area contributed by atoms with Gasteiger partial charge in [0, 0.05) is 172 Å². The minimum absolute atomic E-state index is 0. The van der Waals surface area contributed by atoms with Crippen molar-refractivity contribution in [2.24, 2.45) is 0 Å².